The van der Waals surface area contributed by atoms with Gasteiger partial charge in [-0.2, -0.15) is 0 Å². The van der Waals surface area contributed by atoms with Crippen molar-refractivity contribution in [2.45, 2.75) is 13.5 Å². The zero-order valence-electron chi connectivity index (χ0n) is 18.7. The number of allylic oxidation sites excluding steroid dienone is 1. The average molecular weight is 450 g/mol. The number of rotatable bonds is 7. The number of Topliss-reactive ketones (excluding diaryl/α,β-unsaturated/α-hetero) is 1. The minimum atomic E-state index is -0.336. The van der Waals surface area contributed by atoms with E-state index in [0.717, 1.165) is 0 Å². The highest BCUT2D eigenvalue weighted by molar-refractivity contribution is 6.15. The maximum Gasteiger partial charge on any atom is 0.232 e. The van der Waals surface area contributed by atoms with E-state index in [2.05, 4.69) is 0 Å². The van der Waals surface area contributed by atoms with Crippen molar-refractivity contribution in [1.82, 2.24) is 0 Å². The van der Waals surface area contributed by atoms with Crippen LogP contribution in [0, 0.1) is 12.7 Å². The van der Waals surface area contributed by atoms with Crippen molar-refractivity contribution in [2.24, 2.45) is 0 Å². The second-order valence-corrected chi connectivity index (χ2v) is 7.39. The van der Waals surface area contributed by atoms with Crippen molar-refractivity contribution >= 4 is 11.9 Å². The summed E-state index contributed by atoms with van der Waals surface area (Å²) in [6.45, 7) is 1.87. The lowest BCUT2D eigenvalue weighted by Gasteiger charge is -2.13. The largest absolute Gasteiger partial charge is 0.493 e. The fraction of sp³-hybridized carbons (Fsp3) is 0.192. The minimum Gasteiger partial charge on any atom is -0.493 e. The van der Waals surface area contributed by atoms with Crippen molar-refractivity contribution in [3.05, 3.63) is 82.4 Å². The molecule has 3 aromatic rings. The van der Waals surface area contributed by atoms with Gasteiger partial charge in [0.25, 0.3) is 0 Å². The molecule has 170 valence electrons. The molecule has 0 saturated heterocycles. The molecule has 0 spiro atoms. The number of ketones is 1. The average Bonchev–Trinajstić information content (AvgIpc) is 3.13. The van der Waals surface area contributed by atoms with Gasteiger partial charge in [-0.05, 0) is 48.4 Å². The quantitative estimate of drug-likeness (QED) is 0.452. The first-order valence-corrected chi connectivity index (χ1v) is 10.2. The molecular formula is C26H23FO6. The van der Waals surface area contributed by atoms with E-state index >= 15 is 0 Å². The van der Waals surface area contributed by atoms with Crippen LogP contribution < -0.4 is 23.7 Å². The Balaban J connectivity index is 1.61. The molecule has 33 heavy (non-hydrogen) atoms. The smallest absolute Gasteiger partial charge is 0.232 e. The third kappa shape index (κ3) is 4.35. The predicted octanol–water partition coefficient (Wildman–Crippen LogP) is 5.36. The highest BCUT2D eigenvalue weighted by atomic mass is 19.1. The summed E-state index contributed by atoms with van der Waals surface area (Å²) >= 11 is 0. The first-order valence-electron chi connectivity index (χ1n) is 10.2. The van der Waals surface area contributed by atoms with Crippen LogP contribution in [0.5, 0.6) is 28.7 Å². The summed E-state index contributed by atoms with van der Waals surface area (Å²) < 4.78 is 41.6. The molecular weight excluding hydrogens is 427 g/mol. The number of halogens is 1. The number of hydrogen-bond donors (Lipinski definition) is 0. The number of carbonyl (C=O) groups is 1. The van der Waals surface area contributed by atoms with Crippen LogP contribution in [-0.2, 0) is 6.61 Å². The van der Waals surface area contributed by atoms with E-state index in [1.807, 2.05) is 0 Å². The van der Waals surface area contributed by atoms with Crippen molar-refractivity contribution < 1.29 is 32.9 Å². The SMILES string of the molecule is COc1cc(/C=C2\Oc3cc(OCc4ccccc4F)cc(C)c3C2=O)cc(OC)c1OC. The van der Waals surface area contributed by atoms with Crippen LogP contribution in [0.3, 0.4) is 0 Å². The van der Waals surface area contributed by atoms with E-state index in [0.29, 0.717) is 51.0 Å². The fourth-order valence-electron chi connectivity index (χ4n) is 3.67. The second-order valence-electron chi connectivity index (χ2n) is 7.39. The summed E-state index contributed by atoms with van der Waals surface area (Å²) in [5.74, 6) is 1.84. The normalized spacial score (nSPS) is 13.5. The van der Waals surface area contributed by atoms with E-state index in [-0.39, 0.29) is 24.0 Å². The molecule has 1 aliphatic heterocycles. The van der Waals surface area contributed by atoms with Gasteiger partial charge in [0.2, 0.25) is 11.5 Å². The number of fused-ring (bicyclic) bond motifs is 1. The zero-order valence-corrected chi connectivity index (χ0v) is 18.7. The molecule has 3 aromatic carbocycles. The maximum atomic E-state index is 13.9. The van der Waals surface area contributed by atoms with Crippen molar-refractivity contribution in [1.29, 1.82) is 0 Å². The van der Waals surface area contributed by atoms with Crippen LogP contribution in [-0.4, -0.2) is 27.1 Å². The number of carbonyl (C=O) groups excluding carboxylic acids is 1. The molecule has 0 amide bonds. The van der Waals surface area contributed by atoms with E-state index in [4.69, 9.17) is 23.7 Å². The molecule has 7 heteroatoms. The summed E-state index contributed by atoms with van der Waals surface area (Å²) in [6.07, 6.45) is 1.62. The van der Waals surface area contributed by atoms with E-state index in [1.54, 1.807) is 55.5 Å². The molecule has 6 nitrogen and oxygen atoms in total. The van der Waals surface area contributed by atoms with Crippen LogP contribution in [0.1, 0.15) is 27.0 Å². The first kappa shape index (κ1) is 22.2. The molecule has 0 bridgehead atoms. The lowest BCUT2D eigenvalue weighted by molar-refractivity contribution is 0.101. The van der Waals surface area contributed by atoms with Gasteiger partial charge in [-0.15, -0.1) is 0 Å². The Morgan fingerprint density at radius 3 is 2.30 bits per heavy atom. The third-order valence-corrected chi connectivity index (χ3v) is 5.28. The summed E-state index contributed by atoms with van der Waals surface area (Å²) in [6, 6.07) is 13.2. The van der Waals surface area contributed by atoms with Gasteiger partial charge in [0.05, 0.1) is 26.9 Å². The molecule has 0 unspecified atom stereocenters. The van der Waals surface area contributed by atoms with Crippen molar-refractivity contribution in [2.75, 3.05) is 21.3 Å². The van der Waals surface area contributed by atoms with Gasteiger partial charge < -0.3 is 23.7 Å². The lowest BCUT2D eigenvalue weighted by Crippen LogP contribution is -2.01. The third-order valence-electron chi connectivity index (χ3n) is 5.28. The Morgan fingerprint density at radius 1 is 0.970 bits per heavy atom. The van der Waals surface area contributed by atoms with E-state index in [9.17, 15) is 9.18 Å². The van der Waals surface area contributed by atoms with Crippen LogP contribution in [0.4, 0.5) is 4.39 Å². The van der Waals surface area contributed by atoms with E-state index < -0.39 is 0 Å². The van der Waals surface area contributed by atoms with Gasteiger partial charge in [-0.25, -0.2) is 4.39 Å². The minimum absolute atomic E-state index is 0.0625. The standard InChI is InChI=1S/C26H23FO6/c1-15-9-18(32-14-17-7-5-6-8-19(17)27)13-20-24(15)25(28)21(33-20)10-16-11-22(29-2)26(31-4)23(12-16)30-3/h5-13H,14H2,1-4H3/b21-10-. The van der Waals surface area contributed by atoms with Gasteiger partial charge in [-0.1, -0.05) is 18.2 Å². The highest BCUT2D eigenvalue weighted by Gasteiger charge is 2.30. The number of hydrogen-bond acceptors (Lipinski definition) is 6. The lowest BCUT2D eigenvalue weighted by atomic mass is 10.0. The predicted molar refractivity (Wildman–Crippen MR) is 121 cm³/mol. The Labute approximate surface area is 191 Å². The Bertz CT molecular complexity index is 1220. The van der Waals surface area contributed by atoms with Crippen molar-refractivity contribution in [3.63, 3.8) is 0 Å². The molecule has 0 saturated carbocycles. The topological polar surface area (TPSA) is 63.2 Å². The first-order chi connectivity index (χ1) is 15.9. The van der Waals surface area contributed by atoms with E-state index in [1.165, 1.54) is 27.4 Å². The van der Waals surface area contributed by atoms with Gasteiger partial charge in [0, 0.05) is 11.6 Å². The summed E-state index contributed by atoms with van der Waals surface area (Å²) in [7, 11) is 4.56. The molecule has 0 fully saturated rings. The van der Waals surface area contributed by atoms with Gasteiger partial charge in [-0.3, -0.25) is 4.79 Å². The van der Waals surface area contributed by atoms with Gasteiger partial charge in [0.1, 0.15) is 23.9 Å². The monoisotopic (exact) mass is 450 g/mol. The molecule has 1 heterocycles. The fourth-order valence-corrected chi connectivity index (χ4v) is 3.67. The molecule has 0 N–H and O–H groups in total. The Kier molecular flexibility index (Phi) is 6.22. The molecule has 0 aliphatic carbocycles. The Morgan fingerprint density at radius 2 is 1.67 bits per heavy atom. The van der Waals surface area contributed by atoms with Gasteiger partial charge >= 0.3 is 0 Å². The zero-order chi connectivity index (χ0) is 23.5. The van der Waals surface area contributed by atoms with Gasteiger partial charge in [0.15, 0.2) is 17.3 Å². The summed E-state index contributed by atoms with van der Waals surface area (Å²) in [5.41, 5.74) is 2.26. The van der Waals surface area contributed by atoms with Crippen molar-refractivity contribution in [3.8, 4) is 28.7 Å². The highest BCUT2D eigenvalue weighted by Crippen LogP contribution is 2.41. The van der Waals surface area contributed by atoms with Crippen LogP contribution in [0.25, 0.3) is 6.08 Å². The number of aryl methyl sites for hydroxylation is 1. The van der Waals surface area contributed by atoms with Crippen LogP contribution in [0.2, 0.25) is 0 Å². The Hall–Kier alpha value is -4.00. The molecule has 0 aromatic heterocycles. The summed E-state index contributed by atoms with van der Waals surface area (Å²) in [5, 5.41) is 0. The number of ether oxygens (including phenoxy) is 5. The molecule has 4 rings (SSSR count). The summed E-state index contributed by atoms with van der Waals surface area (Å²) in [4.78, 5) is 13.0. The maximum absolute atomic E-state index is 13.9. The number of methoxy groups -OCH3 is 3. The van der Waals surface area contributed by atoms with Crippen LogP contribution in [0.15, 0.2) is 54.3 Å². The second kappa shape index (κ2) is 9.24. The van der Waals surface area contributed by atoms with Crippen LogP contribution >= 0.6 is 0 Å². The number of benzene rings is 3. The molecule has 1 aliphatic rings. The molecule has 0 atom stereocenters. The molecule has 0 radical (unpaired) electrons.